The molecule has 2 rings (SSSR count). The fourth-order valence-corrected chi connectivity index (χ4v) is 2.59. The average Bonchev–Trinajstić information content (AvgIpc) is 2.84. The van der Waals surface area contributed by atoms with Gasteiger partial charge in [0, 0.05) is 30.8 Å². The highest BCUT2D eigenvalue weighted by Gasteiger charge is 2.03. The van der Waals surface area contributed by atoms with Crippen LogP contribution in [0.3, 0.4) is 0 Å². The zero-order valence-corrected chi connectivity index (χ0v) is 13.2. The van der Waals surface area contributed by atoms with Crippen molar-refractivity contribution in [3.8, 4) is 0 Å². The van der Waals surface area contributed by atoms with Gasteiger partial charge in [-0.1, -0.05) is 46.1 Å². The second kappa shape index (κ2) is 7.49. The summed E-state index contributed by atoms with van der Waals surface area (Å²) in [5.74, 6) is 0. The molecule has 2 heteroatoms. The molecule has 0 atom stereocenters. The number of nitrogens with zero attached hydrogens (tertiary/aromatic N) is 1. The van der Waals surface area contributed by atoms with Gasteiger partial charge in [-0.3, -0.25) is 0 Å². The Kier molecular flexibility index (Phi) is 5.66. The van der Waals surface area contributed by atoms with Crippen molar-refractivity contribution >= 4 is 10.9 Å². The molecule has 0 amide bonds. The van der Waals surface area contributed by atoms with Crippen molar-refractivity contribution in [3.05, 3.63) is 36.0 Å². The molecule has 0 saturated heterocycles. The quantitative estimate of drug-likeness (QED) is 0.688. The summed E-state index contributed by atoms with van der Waals surface area (Å²) >= 11 is 0. The molecule has 1 N–H and O–H groups in total. The Balaban J connectivity index is 2.00. The molecular formula is C18H28N2. The van der Waals surface area contributed by atoms with E-state index in [1.807, 2.05) is 0 Å². The minimum Gasteiger partial charge on any atom is -0.347 e. The first kappa shape index (κ1) is 15.1. The zero-order chi connectivity index (χ0) is 14.4. The Morgan fingerprint density at radius 2 is 1.95 bits per heavy atom. The number of hydrogen-bond acceptors (Lipinski definition) is 1. The van der Waals surface area contributed by atoms with E-state index < -0.39 is 0 Å². The fraction of sp³-hybridized carbons (Fsp3) is 0.556. The van der Waals surface area contributed by atoms with Crippen molar-refractivity contribution in [3.63, 3.8) is 0 Å². The number of benzene rings is 1. The molecule has 0 spiro atoms. The lowest BCUT2D eigenvalue weighted by Crippen LogP contribution is -2.21. The Labute approximate surface area is 123 Å². The number of aromatic nitrogens is 1. The Bertz CT molecular complexity index is 525. The third-order valence-corrected chi connectivity index (χ3v) is 3.80. The number of nitrogens with one attached hydrogen (secondary N) is 1. The molecule has 0 bridgehead atoms. The Morgan fingerprint density at radius 1 is 1.10 bits per heavy atom. The third-order valence-electron chi connectivity index (χ3n) is 3.80. The van der Waals surface area contributed by atoms with Gasteiger partial charge in [-0.15, -0.1) is 0 Å². The summed E-state index contributed by atoms with van der Waals surface area (Å²) in [6.07, 6.45) is 7.51. The first-order valence-corrected chi connectivity index (χ1v) is 8.02. The standard InChI is InChI=1S/C18H28N2/c1-4-5-6-7-11-20-12-10-17-13-16(8-9-18(17)20)14-19-15(2)3/h8-10,12-13,15,19H,4-7,11,14H2,1-3H3. The minimum atomic E-state index is 0.536. The molecule has 2 aromatic rings. The predicted octanol–water partition coefficient (Wildman–Crippen LogP) is 4.72. The van der Waals surface area contributed by atoms with Crippen LogP contribution in [0.2, 0.25) is 0 Å². The van der Waals surface area contributed by atoms with E-state index in [0.717, 1.165) is 13.1 Å². The van der Waals surface area contributed by atoms with Crippen LogP contribution in [0.15, 0.2) is 30.5 Å². The van der Waals surface area contributed by atoms with Gasteiger partial charge >= 0.3 is 0 Å². The molecule has 0 unspecified atom stereocenters. The predicted molar refractivity (Wildman–Crippen MR) is 88.1 cm³/mol. The first-order chi connectivity index (χ1) is 9.70. The molecular weight excluding hydrogens is 244 g/mol. The maximum absolute atomic E-state index is 3.47. The van der Waals surface area contributed by atoms with Crippen LogP contribution < -0.4 is 5.32 Å². The van der Waals surface area contributed by atoms with E-state index in [9.17, 15) is 0 Å². The number of hydrogen-bond donors (Lipinski definition) is 1. The van der Waals surface area contributed by atoms with Crippen molar-refractivity contribution in [2.75, 3.05) is 0 Å². The summed E-state index contributed by atoms with van der Waals surface area (Å²) in [5, 5.41) is 4.84. The van der Waals surface area contributed by atoms with Crippen LogP contribution >= 0.6 is 0 Å². The van der Waals surface area contributed by atoms with Crippen LogP contribution in [-0.4, -0.2) is 10.6 Å². The van der Waals surface area contributed by atoms with Gasteiger partial charge in [0.25, 0.3) is 0 Å². The topological polar surface area (TPSA) is 17.0 Å². The van der Waals surface area contributed by atoms with Gasteiger partial charge in [-0.05, 0) is 35.6 Å². The smallest absolute Gasteiger partial charge is 0.0480 e. The van der Waals surface area contributed by atoms with Crippen LogP contribution in [0, 0.1) is 0 Å². The summed E-state index contributed by atoms with van der Waals surface area (Å²) < 4.78 is 2.39. The molecule has 0 aliphatic carbocycles. The second-order valence-corrected chi connectivity index (χ2v) is 6.00. The lowest BCUT2D eigenvalue weighted by atomic mass is 10.1. The van der Waals surface area contributed by atoms with Crippen LogP contribution in [0.5, 0.6) is 0 Å². The van der Waals surface area contributed by atoms with Crippen LogP contribution in [0.4, 0.5) is 0 Å². The van der Waals surface area contributed by atoms with Gasteiger partial charge in [0.1, 0.15) is 0 Å². The highest BCUT2D eigenvalue weighted by Crippen LogP contribution is 2.18. The van der Waals surface area contributed by atoms with Crippen molar-refractivity contribution in [2.24, 2.45) is 0 Å². The summed E-state index contributed by atoms with van der Waals surface area (Å²) in [6, 6.07) is 9.61. The number of aryl methyl sites for hydroxylation is 1. The van der Waals surface area contributed by atoms with E-state index in [-0.39, 0.29) is 0 Å². The van der Waals surface area contributed by atoms with Crippen molar-refractivity contribution in [1.29, 1.82) is 0 Å². The van der Waals surface area contributed by atoms with Gasteiger partial charge in [0.2, 0.25) is 0 Å². The monoisotopic (exact) mass is 272 g/mol. The van der Waals surface area contributed by atoms with Crippen LogP contribution in [0.1, 0.15) is 52.0 Å². The van der Waals surface area contributed by atoms with Gasteiger partial charge in [-0.2, -0.15) is 0 Å². The van der Waals surface area contributed by atoms with E-state index in [0.29, 0.717) is 6.04 Å². The Morgan fingerprint density at radius 3 is 2.70 bits per heavy atom. The maximum Gasteiger partial charge on any atom is 0.0480 e. The summed E-state index contributed by atoms with van der Waals surface area (Å²) in [6.45, 7) is 8.73. The molecule has 1 aromatic carbocycles. The number of unbranched alkanes of at least 4 members (excludes halogenated alkanes) is 3. The van der Waals surface area contributed by atoms with E-state index in [2.05, 4.69) is 61.1 Å². The summed E-state index contributed by atoms with van der Waals surface area (Å²) in [4.78, 5) is 0. The van der Waals surface area contributed by atoms with Crippen molar-refractivity contribution in [1.82, 2.24) is 9.88 Å². The van der Waals surface area contributed by atoms with Gasteiger partial charge in [0.05, 0.1) is 0 Å². The lowest BCUT2D eigenvalue weighted by Gasteiger charge is -2.09. The summed E-state index contributed by atoms with van der Waals surface area (Å²) in [5.41, 5.74) is 2.74. The normalized spacial score (nSPS) is 11.6. The number of fused-ring (bicyclic) bond motifs is 1. The highest BCUT2D eigenvalue weighted by molar-refractivity contribution is 5.80. The second-order valence-electron chi connectivity index (χ2n) is 6.00. The van der Waals surface area contributed by atoms with E-state index in [1.165, 1.54) is 42.1 Å². The molecule has 20 heavy (non-hydrogen) atoms. The van der Waals surface area contributed by atoms with Gasteiger partial charge in [0.15, 0.2) is 0 Å². The fourth-order valence-electron chi connectivity index (χ4n) is 2.59. The van der Waals surface area contributed by atoms with Gasteiger partial charge in [-0.25, -0.2) is 0 Å². The largest absolute Gasteiger partial charge is 0.347 e. The lowest BCUT2D eigenvalue weighted by molar-refractivity contribution is 0.588. The molecule has 2 nitrogen and oxygen atoms in total. The van der Waals surface area contributed by atoms with Gasteiger partial charge < -0.3 is 9.88 Å². The summed E-state index contributed by atoms with van der Waals surface area (Å²) in [7, 11) is 0. The molecule has 0 aliphatic heterocycles. The molecule has 0 fully saturated rings. The van der Waals surface area contributed by atoms with Crippen molar-refractivity contribution < 1.29 is 0 Å². The van der Waals surface area contributed by atoms with E-state index >= 15 is 0 Å². The number of rotatable bonds is 8. The molecule has 0 aliphatic rings. The molecule has 1 heterocycles. The van der Waals surface area contributed by atoms with Crippen LogP contribution in [0.25, 0.3) is 10.9 Å². The first-order valence-electron chi connectivity index (χ1n) is 8.02. The van der Waals surface area contributed by atoms with E-state index in [4.69, 9.17) is 0 Å². The average molecular weight is 272 g/mol. The van der Waals surface area contributed by atoms with Crippen LogP contribution in [-0.2, 0) is 13.1 Å². The maximum atomic E-state index is 3.47. The van der Waals surface area contributed by atoms with E-state index in [1.54, 1.807) is 0 Å². The Hall–Kier alpha value is -1.28. The molecule has 110 valence electrons. The third kappa shape index (κ3) is 4.11. The minimum absolute atomic E-state index is 0.536. The highest BCUT2D eigenvalue weighted by atomic mass is 14.9. The van der Waals surface area contributed by atoms with Crippen molar-refractivity contribution in [2.45, 2.75) is 65.6 Å². The zero-order valence-electron chi connectivity index (χ0n) is 13.2. The molecule has 0 radical (unpaired) electrons. The molecule has 0 saturated carbocycles. The molecule has 1 aromatic heterocycles. The SMILES string of the molecule is CCCCCCn1ccc2cc(CNC(C)C)ccc21.